The monoisotopic (exact) mass is 165 g/mol. The molecule has 0 fully saturated rings. The second-order valence-corrected chi connectivity index (χ2v) is 1.39. The van der Waals surface area contributed by atoms with Gasteiger partial charge in [0.2, 0.25) is 0 Å². The number of hydrogen-bond acceptors (Lipinski definition) is 3. The van der Waals surface area contributed by atoms with Gasteiger partial charge in [-0.3, -0.25) is 0 Å². The van der Waals surface area contributed by atoms with Crippen molar-refractivity contribution in [2.24, 2.45) is 0 Å². The Hall–Kier alpha value is -0.521. The molecule has 0 aromatic rings. The van der Waals surface area contributed by atoms with E-state index in [1.807, 2.05) is 16.0 Å². The van der Waals surface area contributed by atoms with Crippen molar-refractivity contribution in [3.05, 3.63) is 0 Å². The Bertz CT molecular complexity index is 106. The zero-order valence-corrected chi connectivity index (χ0v) is 5.29. The Kier molecular flexibility index (Phi) is 3.39. The number of esters is 1. The van der Waals surface area contributed by atoms with E-state index < -0.39 is 5.97 Å². The van der Waals surface area contributed by atoms with Gasteiger partial charge in [0.15, 0.2) is 0 Å². The third-order valence-electron chi connectivity index (χ3n) is 0.289. The van der Waals surface area contributed by atoms with Crippen molar-refractivity contribution in [2.45, 2.75) is 5.32 Å². The van der Waals surface area contributed by atoms with Crippen molar-refractivity contribution in [3.8, 4) is 6.26 Å². The summed E-state index contributed by atoms with van der Waals surface area (Å²) in [5.74, 6) is -0.512. The van der Waals surface area contributed by atoms with E-state index in [-0.39, 0.29) is 5.32 Å². The van der Waals surface area contributed by atoms with E-state index in [1.165, 1.54) is 6.26 Å². The van der Waals surface area contributed by atoms with Crippen molar-refractivity contribution >= 4 is 22.0 Å². The van der Waals surface area contributed by atoms with Gasteiger partial charge in [-0.1, -0.05) is 0 Å². The molecule has 0 radical (unpaired) electrons. The minimum absolute atomic E-state index is 0.195. The molecule has 0 aromatic carbocycles. The Morgan fingerprint density at radius 2 is 2.57 bits per heavy atom. The molecule has 0 aliphatic carbocycles. The van der Waals surface area contributed by atoms with Crippen molar-refractivity contribution in [1.29, 1.82) is 5.26 Å². The Morgan fingerprint density at radius 3 is 2.71 bits per heavy atom. The Morgan fingerprint density at radius 1 is 2.00 bits per heavy atom. The van der Waals surface area contributed by atoms with Crippen LogP contribution >= 0.6 is 0 Å². The van der Waals surface area contributed by atoms with Crippen molar-refractivity contribution in [1.82, 2.24) is 0 Å². The Balaban J connectivity index is 3.23. The number of rotatable bonds is 1. The summed E-state index contributed by atoms with van der Waals surface area (Å²) < 4.78 is 3.84. The number of carbonyl (C=O) groups excluding carboxylic acids is 1. The van der Waals surface area contributed by atoms with Gasteiger partial charge in [0.25, 0.3) is 0 Å². The average Bonchev–Trinajstić information content (AvgIpc) is 1.68. The predicted octanol–water partition coefficient (Wildman–Crippen LogP) is -0.670. The van der Waals surface area contributed by atoms with Crippen LogP contribution in [0.15, 0.2) is 0 Å². The van der Waals surface area contributed by atoms with E-state index >= 15 is 0 Å². The summed E-state index contributed by atoms with van der Waals surface area (Å²) in [6.07, 6.45) is 1.26. The fraction of sp³-hybridized carbons (Fsp3) is 0.333. The minimum atomic E-state index is -0.512. The van der Waals surface area contributed by atoms with Gasteiger partial charge in [-0.05, 0) is 0 Å². The first-order valence-electron chi connectivity index (χ1n) is 1.51. The summed E-state index contributed by atoms with van der Waals surface area (Å²) in [5.41, 5.74) is 0. The average molecular weight is 164 g/mol. The van der Waals surface area contributed by atoms with Gasteiger partial charge in [0, 0.05) is 0 Å². The fourth-order valence-corrected chi connectivity index (χ4v) is 0.219. The molecule has 0 atom stereocenters. The molecule has 0 unspecified atom stereocenters. The van der Waals surface area contributed by atoms with Crippen molar-refractivity contribution in [2.75, 3.05) is 0 Å². The van der Waals surface area contributed by atoms with Gasteiger partial charge in [0.1, 0.15) is 0 Å². The number of nitriles is 1. The summed E-state index contributed by atoms with van der Waals surface area (Å²) in [4.78, 5) is 9.95. The van der Waals surface area contributed by atoms with E-state index in [4.69, 9.17) is 5.26 Å². The van der Waals surface area contributed by atoms with Crippen LogP contribution in [0.25, 0.3) is 0 Å². The van der Waals surface area contributed by atoms with Gasteiger partial charge < -0.3 is 0 Å². The van der Waals surface area contributed by atoms with Crippen LogP contribution in [-0.2, 0) is 9.53 Å². The molecule has 0 heterocycles. The molecule has 0 saturated carbocycles. The quantitative estimate of drug-likeness (QED) is 0.293. The topological polar surface area (TPSA) is 50.1 Å². The van der Waals surface area contributed by atoms with Crippen LogP contribution in [0.3, 0.4) is 0 Å². The van der Waals surface area contributed by atoms with Crippen LogP contribution in [0.5, 0.6) is 0 Å². The number of hydrogen-bond donors (Lipinski definition) is 0. The first-order chi connectivity index (χ1) is 3.31. The Labute approximate surface area is 49.1 Å². The van der Waals surface area contributed by atoms with Crippen LogP contribution in [0.1, 0.15) is 0 Å². The molecule has 7 heavy (non-hydrogen) atoms. The first-order valence-corrected chi connectivity index (χ1v) is 2.83. The van der Waals surface area contributed by atoms with Crippen LogP contribution in [-0.4, -0.2) is 22.0 Å². The molecular formula is C3H3NO2Se. The van der Waals surface area contributed by atoms with E-state index in [9.17, 15) is 4.79 Å². The molecule has 0 rings (SSSR count). The van der Waals surface area contributed by atoms with Crippen LogP contribution in [0.4, 0.5) is 0 Å². The van der Waals surface area contributed by atoms with Gasteiger partial charge >= 0.3 is 48.3 Å². The molecule has 3 nitrogen and oxygen atoms in total. The number of ether oxygens (including phenoxy) is 1. The predicted molar refractivity (Wildman–Crippen MR) is 23.7 cm³/mol. The van der Waals surface area contributed by atoms with Crippen LogP contribution in [0, 0.1) is 11.5 Å². The van der Waals surface area contributed by atoms with Crippen LogP contribution in [0.2, 0.25) is 5.32 Å². The van der Waals surface area contributed by atoms with Gasteiger partial charge in [-0.15, -0.1) is 0 Å². The van der Waals surface area contributed by atoms with E-state index in [2.05, 4.69) is 4.74 Å². The zero-order valence-electron chi connectivity index (χ0n) is 3.42. The molecule has 0 aliphatic rings. The molecular weight excluding hydrogens is 161 g/mol. The summed E-state index contributed by atoms with van der Waals surface area (Å²) in [5, 5.41) is 7.86. The molecule has 0 amide bonds. The maximum atomic E-state index is 9.95. The second-order valence-electron chi connectivity index (χ2n) is 0.723. The maximum absolute atomic E-state index is 9.95. The van der Waals surface area contributed by atoms with Crippen LogP contribution < -0.4 is 0 Å². The van der Waals surface area contributed by atoms with E-state index in [0.29, 0.717) is 0 Å². The SMILES string of the molecule is N#COC(=O)C[SeH]. The van der Waals surface area contributed by atoms with Crippen molar-refractivity contribution in [3.63, 3.8) is 0 Å². The second kappa shape index (κ2) is 3.66. The molecule has 0 spiro atoms. The molecule has 4 heteroatoms. The molecule has 38 valence electrons. The fourth-order valence-electron chi connectivity index (χ4n) is 0.0832. The molecule has 0 saturated heterocycles. The zero-order chi connectivity index (χ0) is 5.70. The molecule has 0 aliphatic heterocycles. The van der Waals surface area contributed by atoms with E-state index in [0.717, 1.165) is 0 Å². The summed E-state index contributed by atoms with van der Waals surface area (Å²) in [7, 11) is 0. The first kappa shape index (κ1) is 6.48. The molecule has 0 N–H and O–H groups in total. The van der Waals surface area contributed by atoms with Crippen molar-refractivity contribution < 1.29 is 9.53 Å². The van der Waals surface area contributed by atoms with Gasteiger partial charge in [-0.2, -0.15) is 0 Å². The normalized spacial score (nSPS) is 6.86. The number of nitrogens with zero attached hydrogens (tertiary/aromatic N) is 1. The van der Waals surface area contributed by atoms with E-state index in [1.54, 1.807) is 0 Å². The number of carbonyl (C=O) groups is 1. The van der Waals surface area contributed by atoms with Gasteiger partial charge in [0.05, 0.1) is 0 Å². The third-order valence-corrected chi connectivity index (χ3v) is 0.830. The summed E-state index contributed by atoms with van der Waals surface area (Å²) in [6.45, 7) is 0. The molecule has 0 bridgehead atoms. The van der Waals surface area contributed by atoms with Gasteiger partial charge in [-0.25, -0.2) is 0 Å². The molecule has 0 aromatic heterocycles. The summed E-state index contributed by atoms with van der Waals surface area (Å²) in [6, 6.07) is 0. The third kappa shape index (κ3) is 3.31. The summed E-state index contributed by atoms with van der Waals surface area (Å²) >= 11 is 2.01. The standard InChI is InChI=1S/C3H3NO2Se/c4-2-6-3(5)1-7/h7H,1H2.